The maximum atomic E-state index is 10.8. The van der Waals surface area contributed by atoms with E-state index in [4.69, 9.17) is 11.1 Å². The van der Waals surface area contributed by atoms with Crippen LogP contribution in [0.2, 0.25) is 0 Å². The highest BCUT2D eigenvalue weighted by Crippen LogP contribution is 2.40. The zero-order chi connectivity index (χ0) is 9.84. The van der Waals surface area contributed by atoms with E-state index in [2.05, 4.69) is 20.1 Å². The Bertz CT molecular complexity index is 316. The normalized spacial score (nSPS) is 23.7. The molecular weight excluding hydrogens is 176 g/mol. The molecule has 13 heavy (non-hydrogen) atoms. The summed E-state index contributed by atoms with van der Waals surface area (Å²) in [5.74, 6) is -2.52. The minimum absolute atomic E-state index is 0.301. The second-order valence-corrected chi connectivity index (χ2v) is 2.50. The van der Waals surface area contributed by atoms with Gasteiger partial charge >= 0.3 is 0 Å². The fourth-order valence-electron chi connectivity index (χ4n) is 0.977. The van der Waals surface area contributed by atoms with Gasteiger partial charge in [0.15, 0.2) is 0 Å². The molecule has 1 saturated carbocycles. The van der Waals surface area contributed by atoms with Crippen LogP contribution in [-0.2, 0) is 9.59 Å². The van der Waals surface area contributed by atoms with Crippen LogP contribution in [0.1, 0.15) is 6.42 Å². The molecule has 8 nitrogen and oxygen atoms in total. The van der Waals surface area contributed by atoms with Gasteiger partial charge < -0.3 is 0 Å². The average Bonchev–Trinajstić information content (AvgIpc) is 2.84. The van der Waals surface area contributed by atoms with Gasteiger partial charge in [0.05, 0.1) is 0 Å². The number of hydrogen-bond acceptors (Lipinski definition) is 2. The first-order chi connectivity index (χ1) is 6.20. The molecule has 0 aromatic carbocycles. The number of amides is 2. The van der Waals surface area contributed by atoms with E-state index in [1.54, 1.807) is 0 Å². The molecule has 1 aliphatic rings. The lowest BCUT2D eigenvalue weighted by Crippen LogP contribution is -2.03. The summed E-state index contributed by atoms with van der Waals surface area (Å²) in [5.41, 5.74) is 15.8. The molecule has 2 atom stereocenters. The van der Waals surface area contributed by atoms with Crippen LogP contribution in [0, 0.1) is 11.8 Å². The van der Waals surface area contributed by atoms with Gasteiger partial charge in [-0.15, -0.1) is 0 Å². The number of hydrogen-bond donors (Lipinski definition) is 0. The third-order valence-electron chi connectivity index (χ3n) is 1.71. The molecule has 1 aliphatic carbocycles. The highest BCUT2D eigenvalue weighted by Gasteiger charge is 2.46. The Kier molecular flexibility index (Phi) is 2.49. The summed E-state index contributed by atoms with van der Waals surface area (Å²) < 4.78 is 0. The van der Waals surface area contributed by atoms with Gasteiger partial charge in [0, 0.05) is 21.7 Å². The summed E-state index contributed by atoms with van der Waals surface area (Å²) in [7, 11) is 0. The van der Waals surface area contributed by atoms with Crippen molar-refractivity contribution in [2.75, 3.05) is 0 Å². The summed E-state index contributed by atoms with van der Waals surface area (Å²) >= 11 is 0. The molecule has 0 saturated heterocycles. The van der Waals surface area contributed by atoms with Crippen molar-refractivity contribution in [2.45, 2.75) is 6.42 Å². The van der Waals surface area contributed by atoms with E-state index in [1.807, 2.05) is 0 Å². The monoisotopic (exact) mass is 180 g/mol. The number of azide groups is 2. The predicted molar refractivity (Wildman–Crippen MR) is 39.9 cm³/mol. The van der Waals surface area contributed by atoms with E-state index in [-0.39, 0.29) is 0 Å². The highest BCUT2D eigenvalue weighted by atomic mass is 16.2. The Balaban J connectivity index is 2.55. The molecule has 0 N–H and O–H groups in total. The van der Waals surface area contributed by atoms with Crippen molar-refractivity contribution < 1.29 is 9.59 Å². The minimum Gasteiger partial charge on any atom is -0.292 e. The van der Waals surface area contributed by atoms with Crippen LogP contribution in [0.3, 0.4) is 0 Å². The molecule has 0 unspecified atom stereocenters. The van der Waals surface area contributed by atoms with E-state index in [0.29, 0.717) is 6.42 Å². The van der Waals surface area contributed by atoms with E-state index >= 15 is 0 Å². The van der Waals surface area contributed by atoms with Crippen molar-refractivity contribution >= 4 is 11.8 Å². The molecule has 0 heterocycles. The number of carbonyl (C=O) groups is 2. The summed E-state index contributed by atoms with van der Waals surface area (Å²) in [4.78, 5) is 26.2. The van der Waals surface area contributed by atoms with Crippen LogP contribution >= 0.6 is 0 Å². The number of carbonyl (C=O) groups excluding carboxylic acids is 2. The first-order valence-corrected chi connectivity index (χ1v) is 3.38. The Labute approximate surface area is 71.8 Å². The smallest absolute Gasteiger partial charge is 0.222 e. The van der Waals surface area contributed by atoms with Crippen molar-refractivity contribution in [1.29, 1.82) is 0 Å². The van der Waals surface area contributed by atoms with Crippen molar-refractivity contribution in [3.63, 3.8) is 0 Å². The van der Waals surface area contributed by atoms with Crippen LogP contribution in [0.15, 0.2) is 10.2 Å². The van der Waals surface area contributed by atoms with Crippen LogP contribution in [0.5, 0.6) is 0 Å². The largest absolute Gasteiger partial charge is 0.292 e. The predicted octanol–water partition coefficient (Wildman–Crippen LogP) is 1.30. The molecule has 0 aliphatic heterocycles. The van der Waals surface area contributed by atoms with Gasteiger partial charge in [0.2, 0.25) is 11.8 Å². The van der Waals surface area contributed by atoms with Crippen LogP contribution in [0.4, 0.5) is 0 Å². The van der Waals surface area contributed by atoms with E-state index < -0.39 is 23.7 Å². The zero-order valence-corrected chi connectivity index (χ0v) is 6.36. The Morgan fingerprint density at radius 1 is 1.08 bits per heavy atom. The Hall–Kier alpha value is -2.04. The lowest BCUT2D eigenvalue weighted by atomic mass is 10.3. The van der Waals surface area contributed by atoms with Crippen LogP contribution in [-0.4, -0.2) is 11.8 Å². The third-order valence-corrected chi connectivity index (χ3v) is 1.71. The average molecular weight is 180 g/mol. The van der Waals surface area contributed by atoms with Gasteiger partial charge in [-0.1, -0.05) is 0 Å². The summed E-state index contributed by atoms with van der Waals surface area (Å²) in [6, 6.07) is 0. The Morgan fingerprint density at radius 2 is 1.46 bits per heavy atom. The zero-order valence-electron chi connectivity index (χ0n) is 6.36. The maximum absolute atomic E-state index is 10.8. The number of rotatable bonds is 2. The first kappa shape index (κ1) is 9.05. The molecule has 0 aromatic rings. The third kappa shape index (κ3) is 1.96. The van der Waals surface area contributed by atoms with Crippen molar-refractivity contribution in [2.24, 2.45) is 22.1 Å². The van der Waals surface area contributed by atoms with Gasteiger partial charge in [-0.3, -0.25) is 9.59 Å². The molecule has 1 rings (SSSR count). The molecule has 2 amide bonds. The van der Waals surface area contributed by atoms with Gasteiger partial charge in [0.25, 0.3) is 0 Å². The minimum atomic E-state index is -0.672. The second-order valence-electron chi connectivity index (χ2n) is 2.50. The van der Waals surface area contributed by atoms with E-state index in [0.717, 1.165) is 0 Å². The van der Waals surface area contributed by atoms with E-state index in [9.17, 15) is 9.59 Å². The molecule has 66 valence electrons. The standard InChI is InChI=1S/C5H4N6O2/c6-10-8-4(12)2-1-3(2)5(13)9-11-7/h2-3H,1H2/t2-,3+. The van der Waals surface area contributed by atoms with Gasteiger partial charge in [-0.2, -0.15) is 0 Å². The van der Waals surface area contributed by atoms with Crippen molar-refractivity contribution in [1.82, 2.24) is 0 Å². The Morgan fingerprint density at radius 3 is 1.77 bits per heavy atom. The fraction of sp³-hybridized carbons (Fsp3) is 0.600. The van der Waals surface area contributed by atoms with Gasteiger partial charge in [0.1, 0.15) is 0 Å². The van der Waals surface area contributed by atoms with Gasteiger partial charge in [-0.25, -0.2) is 0 Å². The van der Waals surface area contributed by atoms with E-state index in [1.165, 1.54) is 0 Å². The number of nitrogens with zero attached hydrogens (tertiary/aromatic N) is 6. The first-order valence-electron chi connectivity index (χ1n) is 3.38. The molecule has 0 bridgehead atoms. The van der Waals surface area contributed by atoms with Crippen LogP contribution < -0.4 is 0 Å². The SMILES string of the molecule is [N-]=[N+]=NC(=O)[C@H]1C[C@H]1C(=O)N=[N+]=[N-]. The molecular formula is C5H4N6O2. The lowest BCUT2D eigenvalue weighted by Gasteiger charge is -1.86. The lowest BCUT2D eigenvalue weighted by molar-refractivity contribution is -0.123. The second kappa shape index (κ2) is 3.57. The fourth-order valence-corrected chi connectivity index (χ4v) is 0.977. The summed E-state index contributed by atoms with van der Waals surface area (Å²) in [5, 5.41) is 5.67. The topological polar surface area (TPSA) is 132 Å². The molecule has 0 spiro atoms. The molecule has 0 radical (unpaired) electrons. The molecule has 8 heteroatoms. The highest BCUT2D eigenvalue weighted by molar-refractivity contribution is 5.93. The van der Waals surface area contributed by atoms with Crippen molar-refractivity contribution in [3.05, 3.63) is 20.9 Å². The quantitative estimate of drug-likeness (QED) is 0.360. The summed E-state index contributed by atoms with van der Waals surface area (Å²) in [6.07, 6.45) is 0.301. The van der Waals surface area contributed by atoms with Crippen LogP contribution in [0.25, 0.3) is 20.9 Å². The van der Waals surface area contributed by atoms with Crippen molar-refractivity contribution in [3.8, 4) is 0 Å². The van der Waals surface area contributed by atoms with Gasteiger partial charge in [-0.05, 0) is 27.7 Å². The summed E-state index contributed by atoms with van der Waals surface area (Å²) in [6.45, 7) is 0. The molecule has 0 aromatic heterocycles. The molecule has 1 fully saturated rings. The maximum Gasteiger partial charge on any atom is 0.222 e.